The molecule has 0 unspecified atom stereocenters. The summed E-state index contributed by atoms with van der Waals surface area (Å²) in [4.78, 5) is 2.44. The van der Waals surface area contributed by atoms with E-state index in [0.717, 1.165) is 22.7 Å². The molecule has 262 valence electrons. The molecule has 1 aromatic heterocycles. The van der Waals surface area contributed by atoms with Crippen LogP contribution in [0.5, 0.6) is 0 Å². The first-order chi connectivity index (χ1) is 27.8. The van der Waals surface area contributed by atoms with E-state index >= 15 is 0 Å². The minimum Gasteiger partial charge on any atom is -0.310 e. The molecule has 0 fully saturated rings. The Morgan fingerprint density at radius 1 is 0.339 bits per heavy atom. The van der Waals surface area contributed by atoms with Crippen LogP contribution in [0.1, 0.15) is 0 Å². The SMILES string of the molecule is c1ccc(-c2ccc(N(c3cccc(-c4cc5ccccc5c5c4c4ccccc4n5-c4ccccc4)c3)c3cc4ccccc4c4ccccc34)cc2)cc1. The summed E-state index contributed by atoms with van der Waals surface area (Å²) in [6, 6.07) is 79.5. The van der Waals surface area contributed by atoms with Crippen molar-refractivity contribution in [2.45, 2.75) is 0 Å². The number of aromatic nitrogens is 1. The summed E-state index contributed by atoms with van der Waals surface area (Å²) in [5.41, 5.74) is 11.7. The van der Waals surface area contributed by atoms with E-state index in [1.54, 1.807) is 0 Å². The lowest BCUT2D eigenvalue weighted by molar-refractivity contribution is 1.19. The largest absolute Gasteiger partial charge is 0.310 e. The lowest BCUT2D eigenvalue weighted by Crippen LogP contribution is -2.11. The number of nitrogens with zero attached hydrogens (tertiary/aromatic N) is 2. The van der Waals surface area contributed by atoms with Crippen molar-refractivity contribution in [3.8, 4) is 27.9 Å². The maximum atomic E-state index is 2.45. The van der Waals surface area contributed by atoms with Crippen LogP contribution in [0.2, 0.25) is 0 Å². The van der Waals surface area contributed by atoms with E-state index in [9.17, 15) is 0 Å². The topological polar surface area (TPSA) is 8.17 Å². The van der Waals surface area contributed by atoms with Crippen LogP contribution in [0.25, 0.3) is 82.1 Å². The number of hydrogen-bond acceptors (Lipinski definition) is 1. The van der Waals surface area contributed by atoms with Gasteiger partial charge in [-0.2, -0.15) is 0 Å². The minimum atomic E-state index is 1.10. The Morgan fingerprint density at radius 2 is 0.911 bits per heavy atom. The minimum absolute atomic E-state index is 1.10. The van der Waals surface area contributed by atoms with Crippen LogP contribution >= 0.6 is 0 Å². The average Bonchev–Trinajstić information content (AvgIpc) is 3.63. The molecule has 0 aliphatic heterocycles. The molecule has 10 aromatic carbocycles. The van der Waals surface area contributed by atoms with Gasteiger partial charge in [0.2, 0.25) is 0 Å². The molecule has 11 rings (SSSR count). The average molecular weight is 713 g/mol. The highest BCUT2D eigenvalue weighted by molar-refractivity contribution is 6.24. The van der Waals surface area contributed by atoms with Crippen molar-refractivity contribution < 1.29 is 0 Å². The maximum Gasteiger partial charge on any atom is 0.0625 e. The van der Waals surface area contributed by atoms with Crippen molar-refractivity contribution in [1.82, 2.24) is 4.57 Å². The summed E-state index contributed by atoms with van der Waals surface area (Å²) in [5, 5.41) is 9.89. The highest BCUT2D eigenvalue weighted by Crippen LogP contribution is 2.46. The number of hydrogen-bond donors (Lipinski definition) is 0. The van der Waals surface area contributed by atoms with E-state index < -0.39 is 0 Å². The van der Waals surface area contributed by atoms with Crippen LogP contribution in [-0.2, 0) is 0 Å². The van der Waals surface area contributed by atoms with Gasteiger partial charge in [-0.3, -0.25) is 0 Å². The maximum absolute atomic E-state index is 2.45. The number of rotatable bonds is 6. The third-order valence-corrected chi connectivity index (χ3v) is 11.3. The van der Waals surface area contributed by atoms with Gasteiger partial charge in [-0.15, -0.1) is 0 Å². The molecule has 0 bridgehead atoms. The monoisotopic (exact) mass is 712 g/mol. The molecule has 0 atom stereocenters. The first-order valence-electron chi connectivity index (χ1n) is 19.3. The molecule has 1 heterocycles. The standard InChI is InChI=1S/C54H36N2/c1-3-16-37(17-4-1)38-30-32-43(33-31-38)55(52-36-41-19-7-9-24-45(41)47-26-11-12-27-48(47)52)44-23-15-20-39(34-44)50-35-40-18-8-10-25-46(40)54-53(50)49-28-13-14-29-51(49)56(54)42-21-5-2-6-22-42/h1-36H. The van der Waals surface area contributed by atoms with Crippen molar-refractivity contribution >= 4 is 71.2 Å². The molecule has 56 heavy (non-hydrogen) atoms. The zero-order valence-electron chi connectivity index (χ0n) is 30.7. The van der Waals surface area contributed by atoms with Gasteiger partial charge in [0.05, 0.1) is 16.7 Å². The van der Waals surface area contributed by atoms with Gasteiger partial charge in [-0.1, -0.05) is 164 Å². The second-order valence-electron chi connectivity index (χ2n) is 14.5. The molecule has 0 radical (unpaired) electrons. The smallest absolute Gasteiger partial charge is 0.0625 e. The molecule has 0 N–H and O–H groups in total. The molecule has 0 saturated carbocycles. The fraction of sp³-hybridized carbons (Fsp3) is 0. The number of para-hydroxylation sites is 2. The van der Waals surface area contributed by atoms with Gasteiger partial charge in [-0.25, -0.2) is 0 Å². The van der Waals surface area contributed by atoms with E-state index in [4.69, 9.17) is 0 Å². The Hall–Kier alpha value is -7.42. The normalized spacial score (nSPS) is 11.6. The molecular weight excluding hydrogens is 677 g/mol. The van der Waals surface area contributed by atoms with E-state index in [-0.39, 0.29) is 0 Å². The van der Waals surface area contributed by atoms with Crippen LogP contribution in [0.4, 0.5) is 17.1 Å². The molecule has 0 spiro atoms. The van der Waals surface area contributed by atoms with Gasteiger partial charge in [0, 0.05) is 38.6 Å². The molecule has 0 aliphatic rings. The number of fused-ring (bicyclic) bond motifs is 8. The molecule has 0 saturated heterocycles. The predicted octanol–water partition coefficient (Wildman–Crippen LogP) is 15.0. The van der Waals surface area contributed by atoms with Crippen LogP contribution in [-0.4, -0.2) is 4.57 Å². The van der Waals surface area contributed by atoms with Gasteiger partial charge in [0.25, 0.3) is 0 Å². The van der Waals surface area contributed by atoms with Gasteiger partial charge >= 0.3 is 0 Å². The van der Waals surface area contributed by atoms with Gasteiger partial charge < -0.3 is 9.47 Å². The van der Waals surface area contributed by atoms with Crippen molar-refractivity contribution in [3.05, 3.63) is 218 Å². The Kier molecular flexibility index (Phi) is 7.53. The molecule has 2 heteroatoms. The molecule has 2 nitrogen and oxygen atoms in total. The van der Waals surface area contributed by atoms with E-state index in [0.29, 0.717) is 0 Å². The molecule has 0 amide bonds. The summed E-state index contributed by atoms with van der Waals surface area (Å²) in [6.45, 7) is 0. The van der Waals surface area contributed by atoms with Crippen molar-refractivity contribution in [1.29, 1.82) is 0 Å². The van der Waals surface area contributed by atoms with Crippen molar-refractivity contribution in [2.24, 2.45) is 0 Å². The summed E-state index contributed by atoms with van der Waals surface area (Å²) < 4.78 is 2.45. The fourth-order valence-electron chi connectivity index (χ4n) is 8.80. The van der Waals surface area contributed by atoms with Crippen molar-refractivity contribution in [2.75, 3.05) is 4.90 Å². The lowest BCUT2D eigenvalue weighted by Gasteiger charge is -2.28. The summed E-state index contributed by atoms with van der Waals surface area (Å²) in [5.74, 6) is 0. The molecule has 0 aliphatic carbocycles. The quantitative estimate of drug-likeness (QED) is 0.156. The third-order valence-electron chi connectivity index (χ3n) is 11.3. The Bertz CT molecular complexity index is 3230. The summed E-state index contributed by atoms with van der Waals surface area (Å²) in [6.07, 6.45) is 0. The summed E-state index contributed by atoms with van der Waals surface area (Å²) >= 11 is 0. The van der Waals surface area contributed by atoms with Crippen LogP contribution < -0.4 is 4.90 Å². The second-order valence-corrected chi connectivity index (χ2v) is 14.5. The third kappa shape index (κ3) is 5.19. The summed E-state index contributed by atoms with van der Waals surface area (Å²) in [7, 11) is 0. The Morgan fingerprint density at radius 3 is 1.68 bits per heavy atom. The van der Waals surface area contributed by atoms with Gasteiger partial charge in [0.15, 0.2) is 0 Å². The first kappa shape index (κ1) is 32.0. The first-order valence-corrected chi connectivity index (χ1v) is 19.3. The van der Waals surface area contributed by atoms with E-state index in [1.165, 1.54) is 76.4 Å². The highest BCUT2D eigenvalue weighted by Gasteiger charge is 2.22. The van der Waals surface area contributed by atoms with Crippen LogP contribution in [0, 0.1) is 0 Å². The van der Waals surface area contributed by atoms with E-state index in [2.05, 4.69) is 228 Å². The van der Waals surface area contributed by atoms with Gasteiger partial charge in [-0.05, 0) is 98.4 Å². The fourth-order valence-corrected chi connectivity index (χ4v) is 8.80. The van der Waals surface area contributed by atoms with Crippen LogP contribution in [0.3, 0.4) is 0 Å². The second kappa shape index (κ2) is 13.2. The highest BCUT2D eigenvalue weighted by atomic mass is 15.1. The zero-order valence-corrected chi connectivity index (χ0v) is 30.7. The molecule has 11 aromatic rings. The Balaban J connectivity index is 1.18. The van der Waals surface area contributed by atoms with Gasteiger partial charge in [0.1, 0.15) is 0 Å². The lowest BCUT2D eigenvalue weighted by atomic mass is 9.94. The zero-order chi connectivity index (χ0) is 37.0. The number of benzene rings is 10. The van der Waals surface area contributed by atoms with Crippen LogP contribution in [0.15, 0.2) is 218 Å². The number of anilines is 3. The molecular formula is C54H36N2. The Labute approximate surface area is 325 Å². The van der Waals surface area contributed by atoms with E-state index in [1.807, 2.05) is 0 Å². The predicted molar refractivity (Wildman–Crippen MR) is 239 cm³/mol. The van der Waals surface area contributed by atoms with Crippen molar-refractivity contribution in [3.63, 3.8) is 0 Å².